The summed E-state index contributed by atoms with van der Waals surface area (Å²) in [7, 11) is 0. The molecule has 4 rings (SSSR count). The number of hydrogen-bond donors (Lipinski definition) is 0. The molecule has 2 aromatic heterocycles. The van der Waals surface area contributed by atoms with Crippen molar-refractivity contribution in [3.63, 3.8) is 0 Å². The van der Waals surface area contributed by atoms with Crippen LogP contribution in [-0.2, 0) is 0 Å². The van der Waals surface area contributed by atoms with Crippen molar-refractivity contribution in [2.45, 2.75) is 19.4 Å². The number of rotatable bonds is 3. The zero-order chi connectivity index (χ0) is 17.2. The lowest BCUT2D eigenvalue weighted by Crippen LogP contribution is -2.31. The number of likely N-dealkylation sites (tertiary alicyclic amines) is 1. The largest absolute Gasteiger partial charge is 0.471 e. The molecule has 1 atom stereocenters. The first kappa shape index (κ1) is 15.5. The number of fused-ring (bicyclic) bond motifs is 1. The van der Waals surface area contributed by atoms with Crippen molar-refractivity contribution < 1.29 is 9.53 Å². The minimum absolute atomic E-state index is 0.0575. The molecule has 6 nitrogen and oxygen atoms in total. The summed E-state index contributed by atoms with van der Waals surface area (Å²) in [5.74, 6) is 0.436. The van der Waals surface area contributed by atoms with Crippen LogP contribution in [0.5, 0.6) is 5.88 Å². The third-order valence-corrected chi connectivity index (χ3v) is 4.37. The first-order valence-electron chi connectivity index (χ1n) is 8.31. The molecule has 1 unspecified atom stereocenters. The summed E-state index contributed by atoms with van der Waals surface area (Å²) in [6, 6.07) is 13.4. The lowest BCUT2D eigenvalue weighted by atomic mass is 10.1. The maximum Gasteiger partial charge on any atom is 0.273 e. The van der Waals surface area contributed by atoms with Crippen LogP contribution in [0.4, 0.5) is 0 Å². The van der Waals surface area contributed by atoms with E-state index in [4.69, 9.17) is 4.74 Å². The molecule has 25 heavy (non-hydrogen) atoms. The van der Waals surface area contributed by atoms with Gasteiger partial charge in [0.2, 0.25) is 5.88 Å². The fraction of sp³-hybridized carbons (Fsp3) is 0.263. The third kappa shape index (κ3) is 3.15. The minimum atomic E-state index is -0.0732. The zero-order valence-corrected chi connectivity index (χ0v) is 13.9. The summed E-state index contributed by atoms with van der Waals surface area (Å²) in [5.41, 5.74) is 1.34. The quantitative estimate of drug-likeness (QED) is 0.736. The van der Waals surface area contributed by atoms with Crippen LogP contribution in [0.3, 0.4) is 0 Å². The highest BCUT2D eigenvalue weighted by atomic mass is 16.5. The summed E-state index contributed by atoms with van der Waals surface area (Å²) >= 11 is 0. The predicted octanol–water partition coefficient (Wildman–Crippen LogP) is 2.63. The highest BCUT2D eigenvalue weighted by Crippen LogP contribution is 2.21. The molecular weight excluding hydrogens is 316 g/mol. The Kier molecular flexibility index (Phi) is 4.01. The second-order valence-corrected chi connectivity index (χ2v) is 6.17. The third-order valence-electron chi connectivity index (χ3n) is 4.37. The van der Waals surface area contributed by atoms with Crippen molar-refractivity contribution >= 4 is 16.7 Å². The first-order valence-corrected chi connectivity index (χ1v) is 8.31. The molecule has 0 aliphatic carbocycles. The van der Waals surface area contributed by atoms with Gasteiger partial charge < -0.3 is 9.64 Å². The predicted molar refractivity (Wildman–Crippen MR) is 93.4 cm³/mol. The lowest BCUT2D eigenvalue weighted by molar-refractivity contribution is 0.0767. The number of benzene rings is 1. The van der Waals surface area contributed by atoms with Gasteiger partial charge in [-0.25, -0.2) is 0 Å². The van der Waals surface area contributed by atoms with E-state index in [0.29, 0.717) is 24.7 Å². The van der Waals surface area contributed by atoms with E-state index in [-0.39, 0.29) is 12.0 Å². The molecule has 0 bridgehead atoms. The first-order chi connectivity index (χ1) is 12.2. The molecular formula is C19H18N4O2. The topological polar surface area (TPSA) is 68.2 Å². The molecule has 0 saturated carbocycles. The summed E-state index contributed by atoms with van der Waals surface area (Å²) in [6.07, 6.45) is 2.38. The molecule has 1 aromatic carbocycles. The fourth-order valence-corrected chi connectivity index (χ4v) is 3.07. The Morgan fingerprint density at radius 2 is 2.04 bits per heavy atom. The monoisotopic (exact) mass is 334 g/mol. The average Bonchev–Trinajstić information content (AvgIpc) is 3.11. The van der Waals surface area contributed by atoms with E-state index in [1.54, 1.807) is 17.2 Å². The Morgan fingerprint density at radius 1 is 1.16 bits per heavy atom. The molecule has 0 spiro atoms. The van der Waals surface area contributed by atoms with Gasteiger partial charge in [0.05, 0.1) is 12.2 Å². The number of aryl methyl sites for hydroxylation is 1. The summed E-state index contributed by atoms with van der Waals surface area (Å²) in [5, 5.41) is 9.91. The minimum Gasteiger partial charge on any atom is -0.471 e. The molecule has 6 heteroatoms. The number of amides is 1. The number of aromatic nitrogens is 3. The highest BCUT2D eigenvalue weighted by Gasteiger charge is 2.30. The molecule has 0 radical (unpaired) electrons. The molecule has 1 aliphatic rings. The maximum absolute atomic E-state index is 12.9. The molecule has 3 heterocycles. The van der Waals surface area contributed by atoms with Gasteiger partial charge in [-0.2, -0.15) is 5.10 Å². The van der Waals surface area contributed by atoms with Crippen LogP contribution in [0.15, 0.2) is 48.7 Å². The maximum atomic E-state index is 12.9. The van der Waals surface area contributed by atoms with Crippen LogP contribution in [-0.4, -0.2) is 45.2 Å². The number of nitrogens with zero attached hydrogens (tertiary/aromatic N) is 4. The molecule has 126 valence electrons. The summed E-state index contributed by atoms with van der Waals surface area (Å²) in [4.78, 5) is 19.0. The second-order valence-electron chi connectivity index (χ2n) is 6.17. The number of carbonyl (C=O) groups is 1. The zero-order valence-electron chi connectivity index (χ0n) is 13.9. The molecule has 0 N–H and O–H groups in total. The van der Waals surface area contributed by atoms with Crippen molar-refractivity contribution in [3.05, 3.63) is 60.0 Å². The van der Waals surface area contributed by atoms with E-state index in [9.17, 15) is 4.79 Å². The summed E-state index contributed by atoms with van der Waals surface area (Å²) < 4.78 is 5.85. The molecule has 3 aromatic rings. The van der Waals surface area contributed by atoms with E-state index >= 15 is 0 Å². The Balaban J connectivity index is 1.49. The van der Waals surface area contributed by atoms with Gasteiger partial charge in [0.1, 0.15) is 11.8 Å². The number of ether oxygens (including phenoxy) is 1. The van der Waals surface area contributed by atoms with Crippen molar-refractivity contribution in [1.29, 1.82) is 0 Å². The van der Waals surface area contributed by atoms with Crippen LogP contribution in [0.2, 0.25) is 0 Å². The number of carbonyl (C=O) groups excluding carboxylic acids is 1. The van der Waals surface area contributed by atoms with Gasteiger partial charge in [-0.3, -0.25) is 9.78 Å². The van der Waals surface area contributed by atoms with Crippen LogP contribution in [0.25, 0.3) is 10.8 Å². The van der Waals surface area contributed by atoms with Crippen LogP contribution in [0.1, 0.15) is 22.6 Å². The van der Waals surface area contributed by atoms with Crippen molar-refractivity contribution in [2.24, 2.45) is 0 Å². The van der Waals surface area contributed by atoms with Gasteiger partial charge in [-0.15, -0.1) is 5.10 Å². The SMILES string of the molecule is Cc1ccc(OC2CCN(C(=O)c3nccc4ccccc34)C2)nn1. The van der Waals surface area contributed by atoms with Gasteiger partial charge in [0.25, 0.3) is 5.91 Å². The van der Waals surface area contributed by atoms with Crippen molar-refractivity contribution in [3.8, 4) is 5.88 Å². The van der Waals surface area contributed by atoms with Crippen LogP contribution in [0, 0.1) is 6.92 Å². The lowest BCUT2D eigenvalue weighted by Gasteiger charge is -2.17. The Bertz CT molecular complexity index is 905. The Hall–Kier alpha value is -3.02. The van der Waals surface area contributed by atoms with Crippen molar-refractivity contribution in [1.82, 2.24) is 20.1 Å². The Morgan fingerprint density at radius 3 is 2.88 bits per heavy atom. The van der Waals surface area contributed by atoms with E-state index in [1.807, 2.05) is 43.3 Å². The molecule has 1 aliphatic heterocycles. The highest BCUT2D eigenvalue weighted by molar-refractivity contribution is 6.05. The Labute approximate surface area is 145 Å². The van der Waals surface area contributed by atoms with Gasteiger partial charge in [-0.05, 0) is 24.4 Å². The number of pyridine rings is 1. The van der Waals surface area contributed by atoms with Crippen LogP contribution < -0.4 is 4.74 Å². The van der Waals surface area contributed by atoms with E-state index in [2.05, 4.69) is 15.2 Å². The standard InChI is InChI=1S/C19H18N4O2/c1-13-6-7-17(22-21-13)25-15-9-11-23(12-15)19(24)18-16-5-3-2-4-14(16)8-10-20-18/h2-8,10,15H,9,11-12H2,1H3. The molecule has 1 fully saturated rings. The van der Waals surface area contributed by atoms with Gasteiger partial charge in [0, 0.05) is 30.6 Å². The van der Waals surface area contributed by atoms with E-state index < -0.39 is 0 Å². The fourth-order valence-electron chi connectivity index (χ4n) is 3.07. The van der Waals surface area contributed by atoms with Crippen LogP contribution >= 0.6 is 0 Å². The second kappa shape index (κ2) is 6.47. The van der Waals surface area contributed by atoms with Gasteiger partial charge in [-0.1, -0.05) is 24.3 Å². The summed E-state index contributed by atoms with van der Waals surface area (Å²) in [6.45, 7) is 3.05. The van der Waals surface area contributed by atoms with E-state index in [0.717, 1.165) is 22.9 Å². The van der Waals surface area contributed by atoms with Gasteiger partial charge in [0.15, 0.2) is 0 Å². The van der Waals surface area contributed by atoms with E-state index in [1.165, 1.54) is 0 Å². The normalized spacial score (nSPS) is 17.0. The number of hydrogen-bond acceptors (Lipinski definition) is 5. The molecule has 1 saturated heterocycles. The van der Waals surface area contributed by atoms with Gasteiger partial charge >= 0.3 is 0 Å². The average molecular weight is 334 g/mol. The van der Waals surface area contributed by atoms with Crippen molar-refractivity contribution in [2.75, 3.05) is 13.1 Å². The smallest absolute Gasteiger partial charge is 0.273 e. The molecule has 1 amide bonds.